The molecule has 1 saturated heterocycles. The number of aliphatic imine (C=N–C) groups is 1. The molecule has 0 radical (unpaired) electrons. The summed E-state index contributed by atoms with van der Waals surface area (Å²) in [7, 11) is 4.34. The average Bonchev–Trinajstić information content (AvgIpc) is 2.61. The highest BCUT2D eigenvalue weighted by Crippen LogP contribution is 2.28. The van der Waals surface area contributed by atoms with E-state index in [1.54, 1.807) is 0 Å². The Morgan fingerprint density at radius 1 is 1.29 bits per heavy atom. The van der Waals surface area contributed by atoms with Crippen molar-refractivity contribution in [3.8, 4) is 0 Å². The van der Waals surface area contributed by atoms with Crippen molar-refractivity contribution < 1.29 is 4.74 Å². The van der Waals surface area contributed by atoms with Gasteiger partial charge >= 0.3 is 0 Å². The van der Waals surface area contributed by atoms with Gasteiger partial charge in [-0.05, 0) is 59.4 Å². The van der Waals surface area contributed by atoms with Gasteiger partial charge in [0.05, 0.1) is 6.54 Å². The van der Waals surface area contributed by atoms with Crippen LogP contribution in [0.2, 0.25) is 0 Å². The monoisotopic (exact) mass is 356 g/mol. The van der Waals surface area contributed by atoms with Crippen LogP contribution in [0.3, 0.4) is 0 Å². The first kappa shape index (κ1) is 19.9. The van der Waals surface area contributed by atoms with E-state index in [9.17, 15) is 0 Å². The Balaban J connectivity index is 1.98. The number of nitrogens with one attached hydrogen (secondary N) is 2. The zero-order chi connectivity index (χ0) is 17.4. The van der Waals surface area contributed by atoms with Crippen LogP contribution >= 0.6 is 11.8 Å². The highest BCUT2D eigenvalue weighted by atomic mass is 32.2. The SMILES string of the molecule is CCNC(=NCC1(N(C)C)CCOCC1)NC1CCCC(SC)C1. The maximum Gasteiger partial charge on any atom is 0.191 e. The molecule has 0 bridgehead atoms. The van der Waals surface area contributed by atoms with Crippen LogP contribution in [0, 0.1) is 0 Å². The van der Waals surface area contributed by atoms with Gasteiger partial charge in [0.1, 0.15) is 0 Å². The highest BCUT2D eigenvalue weighted by molar-refractivity contribution is 7.99. The molecule has 2 atom stereocenters. The summed E-state index contributed by atoms with van der Waals surface area (Å²) in [4.78, 5) is 7.31. The van der Waals surface area contributed by atoms with Crippen molar-refractivity contribution in [2.45, 2.75) is 62.3 Å². The summed E-state index contributed by atoms with van der Waals surface area (Å²) in [5, 5.41) is 7.93. The average molecular weight is 357 g/mol. The smallest absolute Gasteiger partial charge is 0.191 e. The third-order valence-corrected chi connectivity index (χ3v) is 6.64. The van der Waals surface area contributed by atoms with Gasteiger partial charge in [0.25, 0.3) is 0 Å². The Labute approximate surface area is 152 Å². The quantitative estimate of drug-likeness (QED) is 0.565. The number of hydrogen-bond acceptors (Lipinski definition) is 4. The second kappa shape index (κ2) is 9.88. The molecule has 1 heterocycles. The number of ether oxygens (including phenoxy) is 1. The fraction of sp³-hybridized carbons (Fsp3) is 0.944. The molecular formula is C18H36N4OS. The van der Waals surface area contributed by atoms with Gasteiger partial charge in [-0.1, -0.05) is 6.42 Å². The maximum atomic E-state index is 5.57. The number of likely N-dealkylation sites (N-methyl/N-ethyl adjacent to an activating group) is 1. The van der Waals surface area contributed by atoms with Crippen LogP contribution in [0.1, 0.15) is 45.4 Å². The Morgan fingerprint density at radius 2 is 2.04 bits per heavy atom. The second-order valence-electron chi connectivity index (χ2n) is 7.29. The molecule has 0 amide bonds. The van der Waals surface area contributed by atoms with Crippen LogP contribution in [0.25, 0.3) is 0 Å². The molecule has 2 rings (SSSR count). The summed E-state index contributed by atoms with van der Waals surface area (Å²) in [5.74, 6) is 0.983. The van der Waals surface area contributed by atoms with Crippen molar-refractivity contribution in [3.63, 3.8) is 0 Å². The number of rotatable bonds is 6. The summed E-state index contributed by atoms with van der Waals surface area (Å²) in [6, 6.07) is 0.555. The molecule has 2 fully saturated rings. The summed E-state index contributed by atoms with van der Waals surface area (Å²) in [5.41, 5.74) is 0.134. The van der Waals surface area contributed by atoms with Crippen molar-refractivity contribution in [1.29, 1.82) is 0 Å². The van der Waals surface area contributed by atoms with Crippen molar-refractivity contribution in [2.24, 2.45) is 4.99 Å². The molecule has 0 aromatic carbocycles. The molecule has 2 N–H and O–H groups in total. The fourth-order valence-electron chi connectivity index (χ4n) is 3.73. The van der Waals surface area contributed by atoms with Crippen LogP contribution in [0.4, 0.5) is 0 Å². The van der Waals surface area contributed by atoms with E-state index in [-0.39, 0.29) is 5.54 Å². The molecule has 1 aliphatic carbocycles. The topological polar surface area (TPSA) is 48.9 Å². The lowest BCUT2D eigenvalue weighted by molar-refractivity contribution is -0.00255. The van der Waals surface area contributed by atoms with Crippen molar-refractivity contribution in [3.05, 3.63) is 0 Å². The molecule has 0 aromatic rings. The van der Waals surface area contributed by atoms with E-state index in [0.29, 0.717) is 6.04 Å². The number of guanidine groups is 1. The second-order valence-corrected chi connectivity index (χ2v) is 8.43. The lowest BCUT2D eigenvalue weighted by Gasteiger charge is -2.41. The number of thioether (sulfide) groups is 1. The van der Waals surface area contributed by atoms with Crippen LogP contribution in [0.15, 0.2) is 4.99 Å². The predicted octanol–water partition coefficient (Wildman–Crippen LogP) is 2.33. The van der Waals surface area contributed by atoms with E-state index in [2.05, 4.69) is 42.8 Å². The predicted molar refractivity (Wildman–Crippen MR) is 105 cm³/mol. The summed E-state index contributed by atoms with van der Waals surface area (Å²) in [6.45, 7) is 5.56. The lowest BCUT2D eigenvalue weighted by atomic mass is 9.89. The van der Waals surface area contributed by atoms with E-state index in [1.807, 2.05) is 11.8 Å². The van der Waals surface area contributed by atoms with Crippen LogP contribution < -0.4 is 10.6 Å². The van der Waals surface area contributed by atoms with Crippen LogP contribution in [-0.4, -0.2) is 74.3 Å². The van der Waals surface area contributed by atoms with Crippen molar-refractivity contribution in [2.75, 3.05) is 46.7 Å². The largest absolute Gasteiger partial charge is 0.381 e. The Kier molecular flexibility index (Phi) is 8.17. The van der Waals surface area contributed by atoms with Gasteiger partial charge in [0, 0.05) is 36.6 Å². The maximum absolute atomic E-state index is 5.57. The standard InChI is InChI=1S/C18H36N4OS/c1-5-19-17(21-15-7-6-8-16(13-15)24-4)20-14-18(22(2)3)9-11-23-12-10-18/h15-16H,5-14H2,1-4H3,(H2,19,20,21). The van der Waals surface area contributed by atoms with Crippen molar-refractivity contribution in [1.82, 2.24) is 15.5 Å². The first-order valence-corrected chi connectivity index (χ1v) is 10.7. The third kappa shape index (κ3) is 5.53. The van der Waals surface area contributed by atoms with E-state index in [0.717, 1.165) is 50.4 Å². The Bertz CT molecular complexity index is 396. The highest BCUT2D eigenvalue weighted by Gasteiger charge is 2.34. The van der Waals surface area contributed by atoms with Gasteiger partial charge in [0.15, 0.2) is 5.96 Å². The van der Waals surface area contributed by atoms with Crippen LogP contribution in [0.5, 0.6) is 0 Å². The first-order valence-electron chi connectivity index (χ1n) is 9.42. The van der Waals surface area contributed by atoms with E-state index in [1.165, 1.54) is 25.7 Å². The molecule has 2 unspecified atom stereocenters. The number of hydrogen-bond donors (Lipinski definition) is 2. The molecule has 0 spiro atoms. The molecule has 6 heteroatoms. The van der Waals surface area contributed by atoms with Crippen molar-refractivity contribution >= 4 is 17.7 Å². The summed E-state index contributed by atoms with van der Waals surface area (Å²) >= 11 is 2.01. The van der Waals surface area contributed by atoms with Gasteiger partial charge in [-0.25, -0.2) is 0 Å². The van der Waals surface area contributed by atoms with E-state index >= 15 is 0 Å². The minimum absolute atomic E-state index is 0.134. The zero-order valence-corrected chi connectivity index (χ0v) is 16.8. The minimum Gasteiger partial charge on any atom is -0.381 e. The van der Waals surface area contributed by atoms with Gasteiger partial charge in [0.2, 0.25) is 0 Å². The molecule has 5 nitrogen and oxygen atoms in total. The molecule has 1 aliphatic heterocycles. The molecule has 0 aromatic heterocycles. The lowest BCUT2D eigenvalue weighted by Crippen LogP contribution is -2.52. The van der Waals surface area contributed by atoms with Crippen LogP contribution in [-0.2, 0) is 4.74 Å². The van der Waals surface area contributed by atoms with Gasteiger partial charge in [-0.3, -0.25) is 4.99 Å². The first-order chi connectivity index (χ1) is 11.6. The minimum atomic E-state index is 0.134. The van der Waals surface area contributed by atoms with Gasteiger partial charge in [-0.15, -0.1) is 0 Å². The van der Waals surface area contributed by atoms with E-state index < -0.39 is 0 Å². The normalized spacial score (nSPS) is 28.0. The Hall–Kier alpha value is -0.460. The molecular weight excluding hydrogens is 320 g/mol. The molecule has 2 aliphatic rings. The summed E-state index contributed by atoms with van der Waals surface area (Å²) in [6.07, 6.45) is 9.53. The Morgan fingerprint density at radius 3 is 2.67 bits per heavy atom. The molecule has 140 valence electrons. The fourth-order valence-corrected chi connectivity index (χ4v) is 4.55. The van der Waals surface area contributed by atoms with Gasteiger partial charge in [-0.2, -0.15) is 11.8 Å². The van der Waals surface area contributed by atoms with Gasteiger partial charge < -0.3 is 20.3 Å². The molecule has 24 heavy (non-hydrogen) atoms. The third-order valence-electron chi connectivity index (χ3n) is 5.55. The van der Waals surface area contributed by atoms with E-state index in [4.69, 9.17) is 9.73 Å². The number of nitrogens with zero attached hydrogens (tertiary/aromatic N) is 2. The zero-order valence-electron chi connectivity index (χ0n) is 15.9. The molecule has 1 saturated carbocycles. The summed E-state index contributed by atoms with van der Waals surface area (Å²) < 4.78 is 5.57.